The maximum absolute atomic E-state index is 13.2. The van der Waals surface area contributed by atoms with Crippen LogP contribution in [0.25, 0.3) is 10.6 Å². The van der Waals surface area contributed by atoms with Gasteiger partial charge in [-0.1, -0.05) is 0 Å². The van der Waals surface area contributed by atoms with Gasteiger partial charge in [-0.2, -0.15) is 4.37 Å². The van der Waals surface area contributed by atoms with Gasteiger partial charge in [0.1, 0.15) is 16.6 Å². The van der Waals surface area contributed by atoms with E-state index in [4.69, 9.17) is 0 Å². The van der Waals surface area contributed by atoms with Crippen LogP contribution in [-0.2, 0) is 0 Å². The lowest BCUT2D eigenvalue weighted by Gasteiger charge is -1.96. The maximum atomic E-state index is 13.2. The van der Waals surface area contributed by atoms with Gasteiger partial charge in [0.15, 0.2) is 0 Å². The third-order valence-corrected chi connectivity index (χ3v) is 3.12. The van der Waals surface area contributed by atoms with Gasteiger partial charge in [0, 0.05) is 34.2 Å². The fourth-order valence-electron chi connectivity index (χ4n) is 0.978. The third kappa shape index (κ3) is 1.90. The summed E-state index contributed by atoms with van der Waals surface area (Å²) in [5, 5.41) is 0.465. The summed E-state index contributed by atoms with van der Waals surface area (Å²) >= 11 is 3.03. The molecule has 0 aliphatic carbocycles. The van der Waals surface area contributed by atoms with Gasteiger partial charge >= 0.3 is 0 Å². The number of hydrogen-bond acceptors (Lipinski definition) is 3. The minimum absolute atomic E-state index is 0.284. The highest BCUT2D eigenvalue weighted by atomic mass is 127. The molecule has 0 N–H and O–H groups in total. The minimum atomic E-state index is -0.613. The van der Waals surface area contributed by atoms with Crippen LogP contribution in [-0.4, -0.2) is 9.36 Å². The van der Waals surface area contributed by atoms with Crippen LogP contribution in [0.1, 0.15) is 0 Å². The van der Waals surface area contributed by atoms with Gasteiger partial charge in [-0.05, 0) is 23.7 Å². The minimum Gasteiger partial charge on any atom is -0.209 e. The Bertz CT molecular complexity index is 472. The standard InChI is InChI=1S/C8H3F2IN2S/c9-4-1-2-5(6(10)3-4)7-12-8(11)13-14-7/h1-3H. The summed E-state index contributed by atoms with van der Waals surface area (Å²) in [7, 11) is 0. The van der Waals surface area contributed by atoms with Crippen LogP contribution in [0.3, 0.4) is 0 Å². The normalized spacial score (nSPS) is 10.5. The number of benzene rings is 1. The van der Waals surface area contributed by atoms with Crippen molar-refractivity contribution in [3.8, 4) is 10.6 Å². The quantitative estimate of drug-likeness (QED) is 0.754. The average Bonchev–Trinajstić information content (AvgIpc) is 2.51. The molecule has 0 fully saturated rings. The molecule has 6 heteroatoms. The average molecular weight is 324 g/mol. The molecule has 0 unspecified atom stereocenters. The zero-order chi connectivity index (χ0) is 10.1. The molecule has 14 heavy (non-hydrogen) atoms. The van der Waals surface area contributed by atoms with E-state index in [0.717, 1.165) is 17.6 Å². The first-order valence-electron chi connectivity index (χ1n) is 3.61. The Labute approximate surface area is 96.3 Å². The number of aromatic nitrogens is 2. The van der Waals surface area contributed by atoms with Crippen molar-refractivity contribution >= 4 is 34.1 Å². The Hall–Kier alpha value is -0.630. The molecule has 72 valence electrons. The van der Waals surface area contributed by atoms with Crippen molar-refractivity contribution in [3.05, 3.63) is 33.7 Å². The van der Waals surface area contributed by atoms with Crippen LogP contribution < -0.4 is 0 Å². The monoisotopic (exact) mass is 324 g/mol. The molecule has 2 rings (SSSR count). The largest absolute Gasteiger partial charge is 0.209 e. The Morgan fingerprint density at radius 2 is 2.07 bits per heavy atom. The summed E-state index contributed by atoms with van der Waals surface area (Å²) in [6, 6.07) is 3.40. The van der Waals surface area contributed by atoms with Gasteiger partial charge in [0.2, 0.25) is 3.83 Å². The van der Waals surface area contributed by atoms with Gasteiger partial charge in [-0.25, -0.2) is 13.8 Å². The zero-order valence-electron chi connectivity index (χ0n) is 6.67. The summed E-state index contributed by atoms with van der Waals surface area (Å²) in [5.41, 5.74) is 0.284. The molecule has 1 aromatic heterocycles. The third-order valence-electron chi connectivity index (χ3n) is 1.56. The highest BCUT2D eigenvalue weighted by Crippen LogP contribution is 2.25. The Balaban J connectivity index is 2.52. The van der Waals surface area contributed by atoms with E-state index < -0.39 is 11.6 Å². The molecular formula is C8H3F2IN2S. The van der Waals surface area contributed by atoms with Crippen molar-refractivity contribution in [2.75, 3.05) is 0 Å². The van der Waals surface area contributed by atoms with Crippen LogP contribution >= 0.6 is 34.1 Å². The van der Waals surface area contributed by atoms with Gasteiger partial charge in [-0.3, -0.25) is 0 Å². The molecule has 0 atom stereocenters. The lowest BCUT2D eigenvalue weighted by Crippen LogP contribution is -1.85. The highest BCUT2D eigenvalue weighted by molar-refractivity contribution is 14.1. The predicted molar refractivity (Wildman–Crippen MR) is 58.0 cm³/mol. The molecular weight excluding hydrogens is 321 g/mol. The molecule has 1 aromatic carbocycles. The number of rotatable bonds is 1. The van der Waals surface area contributed by atoms with E-state index in [-0.39, 0.29) is 5.56 Å². The van der Waals surface area contributed by atoms with Gasteiger partial charge in [-0.15, -0.1) is 0 Å². The molecule has 1 heterocycles. The van der Waals surface area contributed by atoms with E-state index in [1.807, 2.05) is 22.6 Å². The van der Waals surface area contributed by atoms with Crippen molar-refractivity contribution in [1.82, 2.24) is 9.36 Å². The first-order valence-corrected chi connectivity index (χ1v) is 5.46. The molecule has 2 aromatic rings. The van der Waals surface area contributed by atoms with E-state index in [9.17, 15) is 8.78 Å². The maximum Gasteiger partial charge on any atom is 0.203 e. The van der Waals surface area contributed by atoms with Crippen LogP contribution in [0, 0.1) is 15.5 Å². The van der Waals surface area contributed by atoms with E-state index >= 15 is 0 Å². The highest BCUT2D eigenvalue weighted by Gasteiger charge is 2.10. The lowest BCUT2D eigenvalue weighted by molar-refractivity contribution is 0.585. The summed E-state index contributed by atoms with van der Waals surface area (Å²) in [5.74, 6) is -1.21. The molecule has 2 nitrogen and oxygen atoms in total. The molecule has 0 radical (unpaired) electrons. The number of hydrogen-bond donors (Lipinski definition) is 0. The van der Waals surface area contributed by atoms with Crippen molar-refractivity contribution in [2.24, 2.45) is 0 Å². The number of nitrogens with zero attached hydrogens (tertiary/aromatic N) is 2. The number of halogens is 3. The second-order valence-corrected chi connectivity index (χ2v) is 4.21. The second kappa shape index (κ2) is 3.85. The SMILES string of the molecule is Fc1ccc(-c2nc(I)ns2)c(F)c1. The first kappa shape index (κ1) is 9.91. The van der Waals surface area contributed by atoms with Crippen LogP contribution in [0.4, 0.5) is 8.78 Å². The van der Waals surface area contributed by atoms with Crippen molar-refractivity contribution in [3.63, 3.8) is 0 Å². The van der Waals surface area contributed by atoms with E-state index in [0.29, 0.717) is 8.84 Å². The van der Waals surface area contributed by atoms with Crippen LogP contribution in [0.5, 0.6) is 0 Å². The summed E-state index contributed by atoms with van der Waals surface area (Å²) in [4.78, 5) is 4.00. The first-order chi connectivity index (χ1) is 6.66. The van der Waals surface area contributed by atoms with E-state index in [1.165, 1.54) is 12.1 Å². The molecule has 0 saturated carbocycles. The second-order valence-electron chi connectivity index (χ2n) is 2.49. The topological polar surface area (TPSA) is 25.8 Å². The molecule has 0 aliphatic heterocycles. The predicted octanol–water partition coefficient (Wildman–Crippen LogP) is 3.09. The molecule has 0 spiro atoms. The lowest BCUT2D eigenvalue weighted by atomic mass is 10.2. The van der Waals surface area contributed by atoms with Crippen molar-refractivity contribution < 1.29 is 8.78 Å². The van der Waals surface area contributed by atoms with Gasteiger partial charge in [0.25, 0.3) is 0 Å². The summed E-state index contributed by atoms with van der Waals surface area (Å²) < 4.78 is 30.3. The fourth-order valence-corrected chi connectivity index (χ4v) is 2.27. The van der Waals surface area contributed by atoms with E-state index in [2.05, 4.69) is 9.36 Å². The van der Waals surface area contributed by atoms with Crippen LogP contribution in [0.2, 0.25) is 0 Å². The van der Waals surface area contributed by atoms with E-state index in [1.54, 1.807) is 0 Å². The Morgan fingerprint density at radius 1 is 1.29 bits per heavy atom. The molecule has 0 bridgehead atoms. The summed E-state index contributed by atoms with van der Waals surface area (Å²) in [6.45, 7) is 0. The smallest absolute Gasteiger partial charge is 0.203 e. The van der Waals surface area contributed by atoms with Crippen molar-refractivity contribution in [2.45, 2.75) is 0 Å². The molecule has 0 saturated heterocycles. The van der Waals surface area contributed by atoms with Crippen LogP contribution in [0.15, 0.2) is 18.2 Å². The Morgan fingerprint density at radius 3 is 2.64 bits per heavy atom. The Kier molecular flexibility index (Phi) is 2.73. The fraction of sp³-hybridized carbons (Fsp3) is 0. The summed E-state index contributed by atoms with van der Waals surface area (Å²) in [6.07, 6.45) is 0. The van der Waals surface area contributed by atoms with Crippen molar-refractivity contribution in [1.29, 1.82) is 0 Å². The van der Waals surface area contributed by atoms with Gasteiger partial charge < -0.3 is 0 Å². The molecule has 0 aliphatic rings. The molecule has 0 amide bonds. The zero-order valence-corrected chi connectivity index (χ0v) is 9.64. The van der Waals surface area contributed by atoms with Gasteiger partial charge in [0.05, 0.1) is 0 Å².